The number of carbonyl (C=O) groups is 1. The lowest BCUT2D eigenvalue weighted by Crippen LogP contribution is -2.33. The largest absolute Gasteiger partial charge is 0.356 e. The van der Waals surface area contributed by atoms with Crippen LogP contribution in [0.3, 0.4) is 0 Å². The van der Waals surface area contributed by atoms with E-state index in [4.69, 9.17) is 0 Å². The molecule has 3 rings (SSSR count). The molecule has 1 aliphatic heterocycles. The van der Waals surface area contributed by atoms with E-state index in [1.54, 1.807) is 0 Å². The molecule has 1 fully saturated rings. The highest BCUT2D eigenvalue weighted by Gasteiger charge is 2.17. The number of piperidine rings is 1. The minimum absolute atomic E-state index is 0.0579. The lowest BCUT2D eigenvalue weighted by molar-refractivity contribution is -0.115. The molecular formula is C19H24N4O. The van der Waals surface area contributed by atoms with Gasteiger partial charge in [-0.05, 0) is 31.2 Å². The Hall–Kier alpha value is -2.43. The average molecular weight is 324 g/mol. The van der Waals surface area contributed by atoms with Gasteiger partial charge in [0.1, 0.15) is 18.0 Å². The lowest BCUT2D eigenvalue weighted by atomic mass is 9.99. The Balaban J connectivity index is 1.63. The first-order valence-corrected chi connectivity index (χ1v) is 8.52. The number of benzene rings is 1. The van der Waals surface area contributed by atoms with Crippen molar-refractivity contribution >= 4 is 17.5 Å². The second kappa shape index (κ2) is 7.43. The van der Waals surface area contributed by atoms with E-state index in [-0.39, 0.29) is 5.91 Å². The summed E-state index contributed by atoms with van der Waals surface area (Å²) in [4.78, 5) is 23.0. The Morgan fingerprint density at radius 3 is 2.79 bits per heavy atom. The maximum Gasteiger partial charge on any atom is 0.229 e. The highest BCUT2D eigenvalue weighted by atomic mass is 16.1. The van der Waals surface area contributed by atoms with Gasteiger partial charge in [-0.1, -0.05) is 36.8 Å². The van der Waals surface area contributed by atoms with E-state index in [2.05, 4.69) is 27.1 Å². The third-order valence-corrected chi connectivity index (χ3v) is 4.47. The molecule has 1 aliphatic rings. The fourth-order valence-electron chi connectivity index (χ4n) is 3.02. The third-order valence-electron chi connectivity index (χ3n) is 4.47. The van der Waals surface area contributed by atoms with E-state index in [0.717, 1.165) is 36.0 Å². The summed E-state index contributed by atoms with van der Waals surface area (Å²) in [6, 6.07) is 9.85. The molecule has 2 aromatic rings. The first-order chi connectivity index (χ1) is 11.6. The lowest BCUT2D eigenvalue weighted by Gasteiger charge is -2.31. The van der Waals surface area contributed by atoms with Crippen LogP contribution in [0.15, 0.2) is 36.7 Å². The summed E-state index contributed by atoms with van der Waals surface area (Å²) in [7, 11) is 0. The van der Waals surface area contributed by atoms with E-state index in [9.17, 15) is 4.79 Å². The fraction of sp³-hybridized carbons (Fsp3) is 0.421. The van der Waals surface area contributed by atoms with Crippen molar-refractivity contribution in [3.8, 4) is 0 Å². The van der Waals surface area contributed by atoms with Crippen LogP contribution in [-0.4, -0.2) is 29.0 Å². The molecule has 0 radical (unpaired) electrons. The molecule has 5 nitrogen and oxygen atoms in total. The van der Waals surface area contributed by atoms with Gasteiger partial charge in [-0.25, -0.2) is 9.97 Å². The summed E-state index contributed by atoms with van der Waals surface area (Å²) in [5.41, 5.74) is 2.16. The van der Waals surface area contributed by atoms with E-state index >= 15 is 0 Å². The Labute approximate surface area is 143 Å². The molecule has 1 aromatic heterocycles. The molecule has 24 heavy (non-hydrogen) atoms. The molecule has 126 valence electrons. The number of hydrogen-bond acceptors (Lipinski definition) is 4. The van der Waals surface area contributed by atoms with Crippen molar-refractivity contribution < 1.29 is 4.79 Å². The normalized spacial score (nSPS) is 15.3. The van der Waals surface area contributed by atoms with Crippen LogP contribution in [-0.2, 0) is 11.2 Å². The second-order valence-corrected chi connectivity index (χ2v) is 6.65. The van der Waals surface area contributed by atoms with E-state index < -0.39 is 0 Å². The number of aromatic nitrogens is 2. The molecule has 0 atom stereocenters. The topological polar surface area (TPSA) is 58.1 Å². The predicted molar refractivity (Wildman–Crippen MR) is 96.2 cm³/mol. The number of amides is 1. The van der Waals surface area contributed by atoms with Crippen molar-refractivity contribution in [1.29, 1.82) is 0 Å². The first-order valence-electron chi connectivity index (χ1n) is 8.52. The molecule has 5 heteroatoms. The minimum atomic E-state index is -0.0579. The third kappa shape index (κ3) is 4.31. The first kappa shape index (κ1) is 16.4. The second-order valence-electron chi connectivity index (χ2n) is 6.65. The highest BCUT2D eigenvalue weighted by molar-refractivity contribution is 5.91. The van der Waals surface area contributed by atoms with Gasteiger partial charge in [0.15, 0.2) is 0 Å². The zero-order chi connectivity index (χ0) is 16.9. The molecule has 1 amide bonds. The highest BCUT2D eigenvalue weighted by Crippen LogP contribution is 2.22. The summed E-state index contributed by atoms with van der Waals surface area (Å²) < 4.78 is 0. The number of hydrogen-bond donors (Lipinski definition) is 1. The predicted octanol–water partition coefficient (Wildman–Crippen LogP) is 3.20. The standard InChI is InChI=1S/C19H24N4O/c1-14-6-8-23(9-7-14)18-12-17(20-13-21-18)22-19(24)11-16-5-3-4-15(2)10-16/h3-5,10,12-14H,6-9,11H2,1-2H3,(H,20,21,22,24). The Kier molecular flexibility index (Phi) is 5.08. The number of nitrogens with one attached hydrogen (secondary N) is 1. The van der Waals surface area contributed by atoms with E-state index in [0.29, 0.717) is 12.2 Å². The number of nitrogens with zero attached hydrogens (tertiary/aromatic N) is 3. The van der Waals surface area contributed by atoms with Crippen molar-refractivity contribution in [2.75, 3.05) is 23.3 Å². The van der Waals surface area contributed by atoms with Gasteiger partial charge in [0.2, 0.25) is 5.91 Å². The molecule has 0 aliphatic carbocycles. The maximum absolute atomic E-state index is 12.2. The van der Waals surface area contributed by atoms with Crippen LogP contribution in [0.4, 0.5) is 11.6 Å². The van der Waals surface area contributed by atoms with Gasteiger partial charge >= 0.3 is 0 Å². The molecule has 1 N–H and O–H groups in total. The van der Waals surface area contributed by atoms with Crippen LogP contribution in [0.25, 0.3) is 0 Å². The van der Waals surface area contributed by atoms with Crippen molar-refractivity contribution in [1.82, 2.24) is 9.97 Å². The molecular weight excluding hydrogens is 300 g/mol. The summed E-state index contributed by atoms with van der Waals surface area (Å²) in [5, 5.41) is 2.88. The molecule has 0 spiro atoms. The quantitative estimate of drug-likeness (QED) is 0.938. The summed E-state index contributed by atoms with van der Waals surface area (Å²) in [6.07, 6.45) is 4.23. The fourth-order valence-corrected chi connectivity index (χ4v) is 3.02. The maximum atomic E-state index is 12.2. The van der Waals surface area contributed by atoms with Crippen LogP contribution in [0.2, 0.25) is 0 Å². The molecule has 0 unspecified atom stereocenters. The van der Waals surface area contributed by atoms with E-state index in [1.807, 2.05) is 37.3 Å². The van der Waals surface area contributed by atoms with Crippen molar-refractivity contribution in [3.05, 3.63) is 47.8 Å². The zero-order valence-electron chi connectivity index (χ0n) is 14.3. The van der Waals surface area contributed by atoms with Crippen LogP contribution in [0.5, 0.6) is 0 Å². The number of anilines is 2. The van der Waals surface area contributed by atoms with Crippen molar-refractivity contribution in [2.24, 2.45) is 5.92 Å². The van der Waals surface area contributed by atoms with Gasteiger partial charge in [-0.2, -0.15) is 0 Å². The Morgan fingerprint density at radius 1 is 1.25 bits per heavy atom. The van der Waals surface area contributed by atoms with Crippen LogP contribution >= 0.6 is 0 Å². The van der Waals surface area contributed by atoms with Crippen molar-refractivity contribution in [3.63, 3.8) is 0 Å². The molecule has 0 bridgehead atoms. The van der Waals surface area contributed by atoms with Gasteiger partial charge in [0.05, 0.1) is 6.42 Å². The van der Waals surface area contributed by atoms with Gasteiger partial charge in [-0.15, -0.1) is 0 Å². The van der Waals surface area contributed by atoms with Crippen LogP contribution in [0, 0.1) is 12.8 Å². The summed E-state index contributed by atoms with van der Waals surface area (Å²) in [5.74, 6) is 2.17. The van der Waals surface area contributed by atoms with Crippen LogP contribution in [0.1, 0.15) is 30.9 Å². The number of aryl methyl sites for hydroxylation is 1. The average Bonchev–Trinajstić information content (AvgIpc) is 2.55. The monoisotopic (exact) mass is 324 g/mol. The summed E-state index contributed by atoms with van der Waals surface area (Å²) >= 11 is 0. The minimum Gasteiger partial charge on any atom is -0.356 e. The van der Waals surface area contributed by atoms with Crippen molar-refractivity contribution in [2.45, 2.75) is 33.1 Å². The van der Waals surface area contributed by atoms with Gasteiger partial charge in [-0.3, -0.25) is 4.79 Å². The molecule has 1 aromatic carbocycles. The van der Waals surface area contributed by atoms with Crippen LogP contribution < -0.4 is 10.2 Å². The van der Waals surface area contributed by atoms with Gasteiger partial charge < -0.3 is 10.2 Å². The Bertz CT molecular complexity index is 708. The molecule has 1 saturated heterocycles. The number of rotatable bonds is 4. The number of carbonyl (C=O) groups excluding carboxylic acids is 1. The Morgan fingerprint density at radius 2 is 2.04 bits per heavy atom. The molecule has 2 heterocycles. The van der Waals surface area contributed by atoms with Gasteiger partial charge in [0, 0.05) is 19.2 Å². The SMILES string of the molecule is Cc1cccc(CC(=O)Nc2cc(N3CCC(C)CC3)ncn2)c1. The summed E-state index contributed by atoms with van der Waals surface area (Å²) in [6.45, 7) is 6.33. The smallest absolute Gasteiger partial charge is 0.229 e. The van der Waals surface area contributed by atoms with E-state index in [1.165, 1.54) is 19.2 Å². The zero-order valence-corrected chi connectivity index (χ0v) is 14.3. The molecule has 0 saturated carbocycles. The van der Waals surface area contributed by atoms with Gasteiger partial charge in [0.25, 0.3) is 0 Å².